The average Bonchev–Trinajstić information content (AvgIpc) is 2.97. The van der Waals surface area contributed by atoms with Crippen LogP contribution in [0.1, 0.15) is 30.7 Å². The lowest BCUT2D eigenvalue weighted by Crippen LogP contribution is -2.38. The summed E-state index contributed by atoms with van der Waals surface area (Å²) in [4.78, 5) is 16.4. The van der Waals surface area contributed by atoms with E-state index in [1.807, 2.05) is 6.07 Å². The maximum Gasteiger partial charge on any atom is 0.345 e. The van der Waals surface area contributed by atoms with E-state index in [2.05, 4.69) is 20.7 Å². The van der Waals surface area contributed by atoms with Gasteiger partial charge in [0.2, 0.25) is 0 Å². The number of rotatable bonds is 6. The van der Waals surface area contributed by atoms with E-state index in [-0.39, 0.29) is 35.5 Å². The molecule has 1 aromatic heterocycles. The highest BCUT2D eigenvalue weighted by molar-refractivity contribution is 14.0. The van der Waals surface area contributed by atoms with Crippen molar-refractivity contribution >= 4 is 29.9 Å². The van der Waals surface area contributed by atoms with Gasteiger partial charge in [-0.3, -0.25) is 9.56 Å². The van der Waals surface area contributed by atoms with Crippen LogP contribution in [0.5, 0.6) is 0 Å². The summed E-state index contributed by atoms with van der Waals surface area (Å²) >= 11 is 0. The molecule has 27 heavy (non-hydrogen) atoms. The van der Waals surface area contributed by atoms with Gasteiger partial charge in [0, 0.05) is 39.6 Å². The smallest absolute Gasteiger partial charge is 0.345 e. The molecule has 148 valence electrons. The number of fused-ring (bicyclic) bond motifs is 1. The highest BCUT2D eigenvalue weighted by Crippen LogP contribution is 2.09. The number of aromatic nitrogens is 3. The van der Waals surface area contributed by atoms with Crippen molar-refractivity contribution in [3.05, 3.63) is 52.0 Å². The van der Waals surface area contributed by atoms with Gasteiger partial charge in [-0.25, -0.2) is 13.9 Å². The van der Waals surface area contributed by atoms with Crippen molar-refractivity contribution in [3.8, 4) is 0 Å². The second kappa shape index (κ2) is 10.4. The van der Waals surface area contributed by atoms with E-state index in [1.165, 1.54) is 12.1 Å². The van der Waals surface area contributed by atoms with E-state index >= 15 is 0 Å². The molecule has 0 spiro atoms. The zero-order valence-electron chi connectivity index (χ0n) is 15.4. The van der Waals surface area contributed by atoms with Crippen molar-refractivity contribution < 1.29 is 4.39 Å². The van der Waals surface area contributed by atoms with E-state index in [9.17, 15) is 9.18 Å². The van der Waals surface area contributed by atoms with Crippen molar-refractivity contribution in [2.24, 2.45) is 4.99 Å². The SMILES string of the molecule is CN=C(NCCCn1nc2n(c1=O)CCCC2)NCc1cccc(F)c1.I. The lowest BCUT2D eigenvalue weighted by Gasteiger charge is -2.11. The molecule has 0 amide bonds. The molecule has 0 aliphatic carbocycles. The molecule has 1 aromatic carbocycles. The summed E-state index contributed by atoms with van der Waals surface area (Å²) in [6, 6.07) is 6.46. The normalized spacial score (nSPS) is 13.6. The molecule has 7 nitrogen and oxygen atoms in total. The number of hydrogen-bond acceptors (Lipinski definition) is 3. The monoisotopic (exact) mass is 488 g/mol. The van der Waals surface area contributed by atoms with E-state index in [0.717, 1.165) is 43.6 Å². The van der Waals surface area contributed by atoms with Gasteiger partial charge in [0.05, 0.1) is 0 Å². The first-order valence-corrected chi connectivity index (χ1v) is 9.03. The van der Waals surface area contributed by atoms with E-state index in [4.69, 9.17) is 0 Å². The van der Waals surface area contributed by atoms with Gasteiger partial charge in [-0.15, -0.1) is 24.0 Å². The number of aliphatic imine (C=N–C) groups is 1. The predicted molar refractivity (Wildman–Crippen MR) is 114 cm³/mol. The Morgan fingerprint density at radius 3 is 2.93 bits per heavy atom. The molecule has 1 aliphatic heterocycles. The van der Waals surface area contributed by atoms with Gasteiger partial charge in [0.15, 0.2) is 5.96 Å². The fourth-order valence-corrected chi connectivity index (χ4v) is 3.08. The molecule has 2 aromatic rings. The lowest BCUT2D eigenvalue weighted by atomic mass is 10.2. The Hall–Kier alpha value is -1.91. The van der Waals surface area contributed by atoms with Crippen molar-refractivity contribution in [1.82, 2.24) is 25.0 Å². The zero-order chi connectivity index (χ0) is 18.4. The van der Waals surface area contributed by atoms with Gasteiger partial charge in [0.25, 0.3) is 0 Å². The minimum absolute atomic E-state index is 0. The van der Waals surface area contributed by atoms with Gasteiger partial charge in [-0.2, -0.15) is 5.10 Å². The first kappa shape index (κ1) is 21.4. The zero-order valence-corrected chi connectivity index (χ0v) is 17.8. The largest absolute Gasteiger partial charge is 0.356 e. The van der Waals surface area contributed by atoms with E-state index < -0.39 is 0 Å². The van der Waals surface area contributed by atoms with Gasteiger partial charge < -0.3 is 10.6 Å². The van der Waals surface area contributed by atoms with Crippen molar-refractivity contribution in [1.29, 1.82) is 0 Å². The van der Waals surface area contributed by atoms with Crippen LogP contribution in [0, 0.1) is 5.82 Å². The Bertz CT molecular complexity index is 831. The summed E-state index contributed by atoms with van der Waals surface area (Å²) in [6.45, 7) is 2.51. The van der Waals surface area contributed by atoms with Gasteiger partial charge in [-0.05, 0) is 37.0 Å². The Kier molecular flexibility index (Phi) is 8.26. The molecule has 0 unspecified atom stereocenters. The van der Waals surface area contributed by atoms with Gasteiger partial charge in [-0.1, -0.05) is 12.1 Å². The number of halogens is 2. The minimum Gasteiger partial charge on any atom is -0.356 e. The summed E-state index contributed by atoms with van der Waals surface area (Å²) in [7, 11) is 1.69. The van der Waals surface area contributed by atoms with Crippen molar-refractivity contribution in [2.75, 3.05) is 13.6 Å². The van der Waals surface area contributed by atoms with Gasteiger partial charge >= 0.3 is 5.69 Å². The fraction of sp³-hybridized carbons (Fsp3) is 0.500. The van der Waals surface area contributed by atoms with Crippen LogP contribution in [0.15, 0.2) is 34.1 Å². The van der Waals surface area contributed by atoms with E-state index in [1.54, 1.807) is 22.4 Å². The van der Waals surface area contributed by atoms with Crippen molar-refractivity contribution in [2.45, 2.75) is 45.3 Å². The molecule has 9 heteroatoms. The molecule has 1 aliphatic rings. The Balaban J connectivity index is 0.00000261. The molecule has 0 saturated carbocycles. The molecule has 0 atom stereocenters. The molecule has 2 N–H and O–H groups in total. The van der Waals surface area contributed by atoms with Crippen LogP contribution in [0.25, 0.3) is 0 Å². The predicted octanol–water partition coefficient (Wildman–Crippen LogP) is 1.89. The van der Waals surface area contributed by atoms with Crippen LogP contribution in [-0.4, -0.2) is 33.9 Å². The topological polar surface area (TPSA) is 76.2 Å². The number of nitrogens with zero attached hydrogens (tertiary/aromatic N) is 4. The van der Waals surface area contributed by atoms with Crippen LogP contribution in [-0.2, 0) is 26.1 Å². The molecule has 0 bridgehead atoms. The van der Waals surface area contributed by atoms with Gasteiger partial charge in [0.1, 0.15) is 11.6 Å². The fourth-order valence-electron chi connectivity index (χ4n) is 3.08. The molecule has 0 radical (unpaired) electrons. The average molecular weight is 488 g/mol. The molecule has 3 rings (SSSR count). The van der Waals surface area contributed by atoms with Crippen LogP contribution in [0.2, 0.25) is 0 Å². The second-order valence-corrected chi connectivity index (χ2v) is 6.37. The molecule has 2 heterocycles. The molecule has 0 fully saturated rings. The third-order valence-corrected chi connectivity index (χ3v) is 4.44. The number of guanidine groups is 1. The summed E-state index contributed by atoms with van der Waals surface area (Å²) < 4.78 is 16.5. The maximum atomic E-state index is 13.2. The highest BCUT2D eigenvalue weighted by Gasteiger charge is 2.16. The van der Waals surface area contributed by atoms with Crippen LogP contribution in [0.4, 0.5) is 4.39 Å². The summed E-state index contributed by atoms with van der Waals surface area (Å²) in [5.41, 5.74) is 0.844. The molecular formula is C18H26FIN6O. The maximum absolute atomic E-state index is 13.2. The Morgan fingerprint density at radius 1 is 1.33 bits per heavy atom. The highest BCUT2D eigenvalue weighted by atomic mass is 127. The third kappa shape index (κ3) is 5.78. The first-order valence-electron chi connectivity index (χ1n) is 9.03. The van der Waals surface area contributed by atoms with Crippen LogP contribution >= 0.6 is 24.0 Å². The van der Waals surface area contributed by atoms with Crippen LogP contribution < -0.4 is 16.3 Å². The molecule has 0 saturated heterocycles. The molecular weight excluding hydrogens is 462 g/mol. The summed E-state index contributed by atoms with van der Waals surface area (Å²) in [5.74, 6) is 1.30. The second-order valence-electron chi connectivity index (χ2n) is 6.37. The Morgan fingerprint density at radius 2 is 2.19 bits per heavy atom. The third-order valence-electron chi connectivity index (χ3n) is 4.44. The number of nitrogens with one attached hydrogen (secondary N) is 2. The number of benzene rings is 1. The van der Waals surface area contributed by atoms with E-state index in [0.29, 0.717) is 25.6 Å². The van der Waals surface area contributed by atoms with Crippen LogP contribution in [0.3, 0.4) is 0 Å². The first-order chi connectivity index (χ1) is 12.7. The summed E-state index contributed by atoms with van der Waals surface area (Å²) in [6.07, 6.45) is 3.80. The minimum atomic E-state index is -0.250. The van der Waals surface area contributed by atoms with Crippen molar-refractivity contribution in [3.63, 3.8) is 0 Å². The standard InChI is InChI=1S/C18H25FN6O.HI/c1-20-17(22-13-14-6-4-7-15(19)12-14)21-9-5-11-25-18(26)24-10-3-2-8-16(24)23-25;/h4,6-7,12H,2-3,5,8-11,13H2,1H3,(H2,20,21,22);1H. The number of aryl methyl sites for hydroxylation is 2. The number of hydrogen-bond donors (Lipinski definition) is 2. The summed E-state index contributed by atoms with van der Waals surface area (Å²) in [5, 5.41) is 10.8. The Labute approximate surface area is 175 Å². The lowest BCUT2D eigenvalue weighted by molar-refractivity contribution is 0.509. The quantitative estimate of drug-likeness (QED) is 0.282.